The number of pyridine rings is 1. The van der Waals surface area contributed by atoms with Gasteiger partial charge < -0.3 is 0 Å². The molecule has 0 saturated heterocycles. The number of carbonyl (C=O) groups excluding carboxylic acids is 1. The maximum Gasteiger partial charge on any atom is 0.181 e. The molecule has 1 aromatic rings. The molecule has 0 spiro atoms. The molecule has 66 valence electrons. The van der Waals surface area contributed by atoms with Crippen molar-refractivity contribution in [1.82, 2.24) is 4.98 Å². The van der Waals surface area contributed by atoms with Crippen LogP contribution in [0.25, 0.3) is 0 Å². The Hall–Kier alpha value is -1.51. The third-order valence-corrected chi connectivity index (χ3v) is 2.03. The molecule has 0 unspecified atom stereocenters. The first-order chi connectivity index (χ1) is 6.38. The number of aliphatic imine (C=N–C) groups is 1. The number of ketones is 1. The summed E-state index contributed by atoms with van der Waals surface area (Å²) in [7, 11) is 0. The molecule has 0 N–H and O–H groups in total. The summed E-state index contributed by atoms with van der Waals surface area (Å²) in [5.74, 6) is 0.138. The molecule has 0 amide bonds. The molecule has 1 aromatic heterocycles. The van der Waals surface area contributed by atoms with Crippen LogP contribution in [-0.2, 0) is 4.79 Å². The fourth-order valence-corrected chi connectivity index (χ4v) is 1.39. The van der Waals surface area contributed by atoms with Crippen LogP contribution in [0.15, 0.2) is 29.5 Å². The number of rotatable bonds is 1. The van der Waals surface area contributed by atoms with Gasteiger partial charge in [-0.25, -0.2) is 0 Å². The lowest BCUT2D eigenvalue weighted by Crippen LogP contribution is -2.20. The van der Waals surface area contributed by atoms with Crippen LogP contribution in [0.3, 0.4) is 0 Å². The highest BCUT2D eigenvalue weighted by molar-refractivity contribution is 6.46. The second-order valence-electron chi connectivity index (χ2n) is 3.00. The van der Waals surface area contributed by atoms with Gasteiger partial charge in [0.05, 0.1) is 0 Å². The van der Waals surface area contributed by atoms with Crippen LogP contribution in [0.2, 0.25) is 0 Å². The van der Waals surface area contributed by atoms with E-state index in [1.165, 1.54) is 0 Å². The van der Waals surface area contributed by atoms with Crippen LogP contribution in [0, 0.1) is 0 Å². The molecule has 0 aromatic carbocycles. The second-order valence-corrected chi connectivity index (χ2v) is 3.00. The minimum Gasteiger partial charge on any atom is -0.292 e. The Bertz CT molecular complexity index is 343. The molecule has 0 radical (unpaired) electrons. The van der Waals surface area contributed by atoms with Gasteiger partial charge in [0.25, 0.3) is 0 Å². The minimum absolute atomic E-state index is 0.138. The largest absolute Gasteiger partial charge is 0.292 e. The van der Waals surface area contributed by atoms with E-state index in [2.05, 4.69) is 9.98 Å². The molecule has 0 aliphatic carbocycles. The number of hydrogen-bond acceptors (Lipinski definition) is 3. The number of hydrogen-bond donors (Lipinski definition) is 0. The summed E-state index contributed by atoms with van der Waals surface area (Å²) in [6.07, 6.45) is 4.87. The van der Waals surface area contributed by atoms with E-state index in [0.29, 0.717) is 12.1 Å². The zero-order valence-electron chi connectivity index (χ0n) is 7.23. The average Bonchev–Trinajstić information content (AvgIpc) is 2.20. The monoisotopic (exact) mass is 174 g/mol. The molecule has 3 nitrogen and oxygen atoms in total. The van der Waals surface area contributed by atoms with Gasteiger partial charge in [0.2, 0.25) is 0 Å². The van der Waals surface area contributed by atoms with Crippen LogP contribution >= 0.6 is 0 Å². The van der Waals surface area contributed by atoms with Gasteiger partial charge >= 0.3 is 0 Å². The predicted molar refractivity (Wildman–Crippen MR) is 49.9 cm³/mol. The summed E-state index contributed by atoms with van der Waals surface area (Å²) in [5, 5.41) is 0. The smallest absolute Gasteiger partial charge is 0.181 e. The molecule has 0 atom stereocenters. The van der Waals surface area contributed by atoms with Crippen molar-refractivity contribution >= 4 is 11.5 Å². The van der Waals surface area contributed by atoms with E-state index < -0.39 is 0 Å². The van der Waals surface area contributed by atoms with Crippen molar-refractivity contribution in [2.45, 2.75) is 12.8 Å². The van der Waals surface area contributed by atoms with Crippen molar-refractivity contribution in [3.05, 3.63) is 30.1 Å². The fourth-order valence-electron chi connectivity index (χ4n) is 1.39. The lowest BCUT2D eigenvalue weighted by molar-refractivity contribution is -0.113. The molecule has 2 rings (SSSR count). The van der Waals surface area contributed by atoms with Crippen LogP contribution < -0.4 is 0 Å². The molecule has 1 aliphatic heterocycles. The standard InChI is InChI=1S/C10H10N2O/c13-9-4-2-6-12-10(9)8-3-1-5-11-7-8/h1,3,5,7H,2,4,6H2. The fraction of sp³-hybridized carbons (Fsp3) is 0.300. The van der Waals surface area contributed by atoms with E-state index in [4.69, 9.17) is 0 Å². The van der Waals surface area contributed by atoms with Crippen LogP contribution in [0.4, 0.5) is 0 Å². The summed E-state index contributed by atoms with van der Waals surface area (Å²) >= 11 is 0. The normalized spacial score (nSPS) is 16.9. The molecule has 2 heterocycles. The number of nitrogens with zero attached hydrogens (tertiary/aromatic N) is 2. The third kappa shape index (κ3) is 1.64. The van der Waals surface area contributed by atoms with Crippen molar-refractivity contribution in [1.29, 1.82) is 0 Å². The highest BCUT2D eigenvalue weighted by Crippen LogP contribution is 2.09. The van der Waals surface area contributed by atoms with Gasteiger partial charge in [-0.1, -0.05) is 0 Å². The van der Waals surface area contributed by atoms with Crippen molar-refractivity contribution in [3.63, 3.8) is 0 Å². The van der Waals surface area contributed by atoms with Gasteiger partial charge in [-0.2, -0.15) is 0 Å². The van der Waals surface area contributed by atoms with E-state index in [1.807, 2.05) is 12.1 Å². The molecule has 0 bridgehead atoms. The summed E-state index contributed by atoms with van der Waals surface area (Å²) < 4.78 is 0. The average molecular weight is 174 g/mol. The lowest BCUT2D eigenvalue weighted by atomic mass is 10.0. The van der Waals surface area contributed by atoms with E-state index in [-0.39, 0.29) is 5.78 Å². The zero-order chi connectivity index (χ0) is 9.10. The van der Waals surface area contributed by atoms with Gasteiger partial charge in [-0.15, -0.1) is 0 Å². The first-order valence-corrected chi connectivity index (χ1v) is 4.36. The predicted octanol–water partition coefficient (Wildman–Crippen LogP) is 1.23. The van der Waals surface area contributed by atoms with E-state index in [9.17, 15) is 4.79 Å². The second kappa shape index (κ2) is 3.47. The Balaban J connectivity index is 2.35. The summed E-state index contributed by atoms with van der Waals surface area (Å²) in [6, 6.07) is 3.69. The highest BCUT2D eigenvalue weighted by atomic mass is 16.1. The van der Waals surface area contributed by atoms with Crippen molar-refractivity contribution in [2.24, 2.45) is 4.99 Å². The Labute approximate surface area is 76.5 Å². The Morgan fingerprint density at radius 1 is 1.38 bits per heavy atom. The number of carbonyl (C=O) groups is 1. The topological polar surface area (TPSA) is 42.3 Å². The first-order valence-electron chi connectivity index (χ1n) is 4.36. The maximum absolute atomic E-state index is 11.4. The summed E-state index contributed by atoms with van der Waals surface area (Å²) in [5.41, 5.74) is 1.44. The van der Waals surface area contributed by atoms with Crippen LogP contribution in [-0.4, -0.2) is 23.0 Å². The Kier molecular flexibility index (Phi) is 2.17. The quantitative estimate of drug-likeness (QED) is 0.642. The molecule has 1 aliphatic rings. The number of aromatic nitrogens is 1. The van der Waals surface area contributed by atoms with Gasteiger partial charge in [0.15, 0.2) is 5.78 Å². The number of Topliss-reactive ketones (excluding diaryl/α,β-unsaturated/α-hetero) is 1. The summed E-state index contributed by atoms with van der Waals surface area (Å²) in [6.45, 7) is 0.760. The van der Waals surface area contributed by atoms with Gasteiger partial charge in [0.1, 0.15) is 5.71 Å². The summed E-state index contributed by atoms with van der Waals surface area (Å²) in [4.78, 5) is 19.6. The first kappa shape index (κ1) is 8.10. The minimum atomic E-state index is 0.138. The Morgan fingerprint density at radius 2 is 2.31 bits per heavy atom. The molecular formula is C10H10N2O. The van der Waals surface area contributed by atoms with Gasteiger partial charge in [-0.3, -0.25) is 14.8 Å². The molecule has 0 saturated carbocycles. The van der Waals surface area contributed by atoms with E-state index >= 15 is 0 Å². The Morgan fingerprint density at radius 3 is 3.00 bits per heavy atom. The van der Waals surface area contributed by atoms with Crippen LogP contribution in [0.1, 0.15) is 18.4 Å². The highest BCUT2D eigenvalue weighted by Gasteiger charge is 2.16. The van der Waals surface area contributed by atoms with Crippen molar-refractivity contribution < 1.29 is 4.79 Å². The van der Waals surface area contributed by atoms with Gasteiger partial charge in [0, 0.05) is 30.9 Å². The van der Waals surface area contributed by atoms with Crippen molar-refractivity contribution in [3.8, 4) is 0 Å². The maximum atomic E-state index is 11.4. The third-order valence-electron chi connectivity index (χ3n) is 2.03. The van der Waals surface area contributed by atoms with Crippen LogP contribution in [0.5, 0.6) is 0 Å². The van der Waals surface area contributed by atoms with E-state index in [1.54, 1.807) is 12.4 Å². The SMILES string of the molecule is O=C1CCCN=C1c1cccnc1. The van der Waals surface area contributed by atoms with Crippen molar-refractivity contribution in [2.75, 3.05) is 6.54 Å². The molecule has 13 heavy (non-hydrogen) atoms. The zero-order valence-corrected chi connectivity index (χ0v) is 7.23. The van der Waals surface area contributed by atoms with E-state index in [0.717, 1.165) is 18.5 Å². The molecule has 3 heteroatoms. The lowest BCUT2D eigenvalue weighted by Gasteiger charge is -2.09. The van der Waals surface area contributed by atoms with Gasteiger partial charge in [-0.05, 0) is 18.6 Å². The molecule has 0 fully saturated rings. The molecular weight excluding hydrogens is 164 g/mol.